The van der Waals surface area contributed by atoms with E-state index in [4.69, 9.17) is 13.9 Å². The van der Waals surface area contributed by atoms with Crippen LogP contribution in [0.3, 0.4) is 0 Å². The Hall–Kier alpha value is -1.43. The third kappa shape index (κ3) is 8.91. The van der Waals surface area contributed by atoms with E-state index in [1.807, 2.05) is 24.3 Å². The number of benzene rings is 1. The highest BCUT2D eigenvalue weighted by atomic mass is 28.4. The second-order valence-electron chi connectivity index (χ2n) is 9.30. The predicted molar refractivity (Wildman–Crippen MR) is 132 cm³/mol. The molecule has 31 heavy (non-hydrogen) atoms. The quantitative estimate of drug-likeness (QED) is 0.125. The van der Waals surface area contributed by atoms with Crippen LogP contribution in [0.5, 0.6) is 0 Å². The average molecular weight is 449 g/mol. The van der Waals surface area contributed by atoms with Crippen LogP contribution >= 0.6 is 0 Å². The van der Waals surface area contributed by atoms with Crippen LogP contribution in [0, 0.1) is 0 Å². The maximum atomic E-state index is 11.7. The minimum Gasteiger partial charge on any atom is -0.436 e. The van der Waals surface area contributed by atoms with Gasteiger partial charge in [0.25, 0.3) is 0 Å². The van der Waals surface area contributed by atoms with E-state index in [0.29, 0.717) is 36.1 Å². The molecule has 1 rings (SSSR count). The van der Waals surface area contributed by atoms with E-state index in [1.165, 1.54) is 12.5 Å². The summed E-state index contributed by atoms with van der Waals surface area (Å²) in [7, 11) is -1.96. The molecule has 0 aromatic heterocycles. The van der Waals surface area contributed by atoms with Crippen molar-refractivity contribution in [1.82, 2.24) is 0 Å². The molecule has 0 aliphatic rings. The minimum absolute atomic E-state index is 0.0515. The van der Waals surface area contributed by atoms with Gasteiger partial charge < -0.3 is 13.9 Å². The number of hydrogen-bond donors (Lipinski definition) is 0. The summed E-state index contributed by atoms with van der Waals surface area (Å²) in [6.07, 6.45) is 4.23. The number of carbonyl (C=O) groups is 1. The molecule has 1 aromatic rings. The van der Waals surface area contributed by atoms with Crippen molar-refractivity contribution >= 4 is 14.3 Å². The Balaban J connectivity index is 2.78. The van der Waals surface area contributed by atoms with Gasteiger partial charge in [-0.25, -0.2) is 0 Å². The first-order chi connectivity index (χ1) is 14.6. The van der Waals surface area contributed by atoms with Gasteiger partial charge in [-0.3, -0.25) is 4.79 Å². The van der Waals surface area contributed by atoms with Crippen LogP contribution in [-0.4, -0.2) is 33.3 Å². The van der Waals surface area contributed by atoms with Gasteiger partial charge in [-0.2, -0.15) is 0 Å². The molecule has 1 aromatic carbocycles. The Morgan fingerprint density at radius 3 is 2.06 bits per heavy atom. The summed E-state index contributed by atoms with van der Waals surface area (Å²) in [5.74, 6) is -0.328. The number of hydrogen-bond acceptors (Lipinski definition) is 4. The van der Waals surface area contributed by atoms with E-state index in [9.17, 15) is 4.79 Å². The first-order valence-corrected chi connectivity index (χ1v) is 13.9. The van der Waals surface area contributed by atoms with Gasteiger partial charge in [0.15, 0.2) is 8.32 Å². The van der Waals surface area contributed by atoms with Gasteiger partial charge in [0.2, 0.25) is 6.29 Å². The Bertz CT molecular complexity index is 620. The second kappa shape index (κ2) is 13.9. The van der Waals surface area contributed by atoms with Crippen LogP contribution in [0.25, 0.3) is 0 Å². The second-order valence-corrected chi connectivity index (χ2v) is 14.8. The van der Waals surface area contributed by atoms with Gasteiger partial charge in [-0.15, -0.1) is 6.58 Å². The number of ether oxygens (including phenoxy) is 2. The van der Waals surface area contributed by atoms with E-state index < -0.39 is 14.6 Å². The highest BCUT2D eigenvalue weighted by Crippen LogP contribution is 2.42. The molecule has 0 aliphatic heterocycles. The third-order valence-corrected chi connectivity index (χ3v) is 12.2. The molecule has 4 nitrogen and oxygen atoms in total. The molecule has 0 saturated heterocycles. The zero-order valence-electron chi connectivity index (χ0n) is 20.7. The summed E-state index contributed by atoms with van der Waals surface area (Å²) in [4.78, 5) is 11.7. The molecule has 0 radical (unpaired) electrons. The van der Waals surface area contributed by atoms with Gasteiger partial charge in [0.05, 0.1) is 6.10 Å². The lowest BCUT2D eigenvalue weighted by molar-refractivity contribution is -0.191. The van der Waals surface area contributed by atoms with Crippen molar-refractivity contribution < 1.29 is 18.7 Å². The van der Waals surface area contributed by atoms with Gasteiger partial charge in [-0.05, 0) is 41.4 Å². The van der Waals surface area contributed by atoms with Gasteiger partial charge in [-0.1, -0.05) is 78.0 Å². The van der Waals surface area contributed by atoms with E-state index in [0.717, 1.165) is 12.8 Å². The van der Waals surface area contributed by atoms with E-state index >= 15 is 0 Å². The van der Waals surface area contributed by atoms with E-state index in [2.05, 4.69) is 60.3 Å². The molecule has 0 spiro atoms. The molecular formula is C26H44O4Si. The lowest BCUT2D eigenvalue weighted by atomic mass is 10.0. The molecular weight excluding hydrogens is 404 g/mol. The van der Waals surface area contributed by atoms with Crippen LogP contribution in [0.4, 0.5) is 0 Å². The molecule has 0 heterocycles. The van der Waals surface area contributed by atoms with Crippen LogP contribution in [0.2, 0.25) is 16.6 Å². The molecule has 0 saturated carbocycles. The Labute approximate surface area is 191 Å². The van der Waals surface area contributed by atoms with Gasteiger partial charge in [0, 0.05) is 20.0 Å². The van der Waals surface area contributed by atoms with E-state index in [1.54, 1.807) is 0 Å². The highest BCUT2D eigenvalue weighted by Gasteiger charge is 2.45. The first kappa shape index (κ1) is 27.6. The lowest BCUT2D eigenvalue weighted by Crippen LogP contribution is -2.48. The number of carbonyl (C=O) groups excluding carboxylic acids is 1. The molecule has 0 bridgehead atoms. The Morgan fingerprint density at radius 1 is 1.00 bits per heavy atom. The topological polar surface area (TPSA) is 44.8 Å². The van der Waals surface area contributed by atoms with Crippen molar-refractivity contribution in [2.45, 2.75) is 103 Å². The summed E-state index contributed by atoms with van der Waals surface area (Å²) in [6.45, 7) is 19.5. The number of esters is 1. The molecule has 2 unspecified atom stereocenters. The fourth-order valence-electron chi connectivity index (χ4n) is 4.79. The minimum atomic E-state index is -1.96. The molecule has 2 atom stereocenters. The number of rotatable bonds is 15. The summed E-state index contributed by atoms with van der Waals surface area (Å²) in [5.41, 5.74) is 2.81. The monoisotopic (exact) mass is 448 g/mol. The van der Waals surface area contributed by atoms with Crippen LogP contribution in [0.1, 0.15) is 73.3 Å². The number of aryl methyl sites for hydroxylation is 1. The molecule has 0 fully saturated rings. The summed E-state index contributed by atoms with van der Waals surface area (Å²) < 4.78 is 18.4. The van der Waals surface area contributed by atoms with Gasteiger partial charge in [0.1, 0.15) is 0 Å². The molecule has 5 heteroatoms. The van der Waals surface area contributed by atoms with Crippen molar-refractivity contribution in [3.05, 3.63) is 48.6 Å². The smallest absolute Gasteiger partial charge is 0.304 e. The summed E-state index contributed by atoms with van der Waals surface area (Å²) in [6, 6.07) is 10.4. The van der Waals surface area contributed by atoms with Crippen molar-refractivity contribution in [2.24, 2.45) is 0 Å². The normalized spacial score (nSPS) is 14.1. The highest BCUT2D eigenvalue weighted by molar-refractivity contribution is 6.77. The fraction of sp³-hybridized carbons (Fsp3) is 0.654. The van der Waals surface area contributed by atoms with E-state index in [-0.39, 0.29) is 12.1 Å². The molecule has 0 aliphatic carbocycles. The lowest BCUT2D eigenvalue weighted by Gasteiger charge is -2.42. The standard InChI is InChI=1S/C26H44O4Si/c1-9-13-25(17-16-24-14-11-10-12-15-24)30-26(29-23(8)27)18-19-28-31(20(2)3,21(4)5)22(6)7/h9-12,14-15,20-22,25-26H,1,13,16-19H2,2-8H3. The summed E-state index contributed by atoms with van der Waals surface area (Å²) in [5, 5.41) is 0. The maximum absolute atomic E-state index is 11.7. The first-order valence-electron chi connectivity index (χ1n) is 11.7. The van der Waals surface area contributed by atoms with Crippen molar-refractivity contribution in [3.8, 4) is 0 Å². The molecule has 0 N–H and O–H groups in total. The predicted octanol–water partition coefficient (Wildman–Crippen LogP) is 7.05. The van der Waals surface area contributed by atoms with Crippen molar-refractivity contribution in [3.63, 3.8) is 0 Å². The zero-order valence-corrected chi connectivity index (χ0v) is 21.7. The van der Waals surface area contributed by atoms with Crippen LogP contribution in [-0.2, 0) is 25.1 Å². The summed E-state index contributed by atoms with van der Waals surface area (Å²) >= 11 is 0. The van der Waals surface area contributed by atoms with Gasteiger partial charge >= 0.3 is 5.97 Å². The Kier molecular flexibility index (Phi) is 12.3. The van der Waals surface area contributed by atoms with Crippen molar-refractivity contribution in [1.29, 1.82) is 0 Å². The molecule has 176 valence electrons. The van der Waals surface area contributed by atoms with Crippen LogP contribution < -0.4 is 0 Å². The zero-order chi connectivity index (χ0) is 23.4. The van der Waals surface area contributed by atoms with Crippen molar-refractivity contribution in [2.75, 3.05) is 6.61 Å². The third-order valence-electron chi connectivity index (χ3n) is 6.08. The average Bonchev–Trinajstić information content (AvgIpc) is 2.69. The maximum Gasteiger partial charge on any atom is 0.304 e. The SMILES string of the molecule is C=CCC(CCc1ccccc1)OC(CCO[Si](C(C)C)(C(C)C)C(C)C)OC(C)=O. The molecule has 0 amide bonds. The van der Waals surface area contributed by atoms with Crippen LogP contribution in [0.15, 0.2) is 43.0 Å². The Morgan fingerprint density at radius 2 is 1.58 bits per heavy atom. The largest absolute Gasteiger partial charge is 0.436 e. The fourth-order valence-corrected chi connectivity index (χ4v) is 10.3.